The molecule has 0 bridgehead atoms. The maximum Gasteiger partial charge on any atom is 0.246 e. The average molecular weight is 279 g/mol. The SMILES string of the molecule is COc1ccc(OCCC(=O)NOC2CCCC2)cc1. The van der Waals surface area contributed by atoms with E-state index in [-0.39, 0.29) is 18.4 Å². The van der Waals surface area contributed by atoms with Crippen molar-refractivity contribution in [1.82, 2.24) is 5.48 Å². The minimum absolute atomic E-state index is 0.148. The van der Waals surface area contributed by atoms with Crippen LogP contribution in [0.5, 0.6) is 11.5 Å². The van der Waals surface area contributed by atoms with E-state index >= 15 is 0 Å². The molecule has 1 N–H and O–H groups in total. The van der Waals surface area contributed by atoms with Crippen LogP contribution >= 0.6 is 0 Å². The lowest BCUT2D eigenvalue weighted by Crippen LogP contribution is -2.29. The second kappa shape index (κ2) is 7.75. The van der Waals surface area contributed by atoms with E-state index in [9.17, 15) is 4.79 Å². The molecule has 0 aliphatic heterocycles. The average Bonchev–Trinajstić information content (AvgIpc) is 2.99. The van der Waals surface area contributed by atoms with Crippen LogP contribution in [-0.4, -0.2) is 25.7 Å². The van der Waals surface area contributed by atoms with Crippen molar-refractivity contribution in [3.63, 3.8) is 0 Å². The Morgan fingerprint density at radius 3 is 2.50 bits per heavy atom. The Hall–Kier alpha value is -1.75. The Bertz CT molecular complexity index is 412. The number of benzene rings is 1. The molecule has 110 valence electrons. The van der Waals surface area contributed by atoms with Crippen LogP contribution in [0.15, 0.2) is 24.3 Å². The smallest absolute Gasteiger partial charge is 0.246 e. The van der Waals surface area contributed by atoms with Crippen LogP contribution in [0.1, 0.15) is 32.1 Å². The van der Waals surface area contributed by atoms with Crippen molar-refractivity contribution in [2.24, 2.45) is 0 Å². The Balaban J connectivity index is 1.60. The molecule has 1 saturated carbocycles. The Kier molecular flexibility index (Phi) is 5.68. The Morgan fingerprint density at radius 2 is 1.85 bits per heavy atom. The van der Waals surface area contributed by atoms with Crippen molar-refractivity contribution in [2.75, 3.05) is 13.7 Å². The monoisotopic (exact) mass is 279 g/mol. The first-order chi connectivity index (χ1) is 9.78. The van der Waals surface area contributed by atoms with Gasteiger partial charge in [0.25, 0.3) is 0 Å². The highest BCUT2D eigenvalue weighted by Crippen LogP contribution is 2.20. The largest absolute Gasteiger partial charge is 0.497 e. The van der Waals surface area contributed by atoms with E-state index in [2.05, 4.69) is 5.48 Å². The maximum absolute atomic E-state index is 11.6. The molecule has 0 radical (unpaired) electrons. The van der Waals surface area contributed by atoms with Crippen molar-refractivity contribution in [2.45, 2.75) is 38.2 Å². The minimum atomic E-state index is -0.148. The first kappa shape index (κ1) is 14.7. The molecule has 1 fully saturated rings. The minimum Gasteiger partial charge on any atom is -0.497 e. The number of nitrogens with one attached hydrogen (secondary N) is 1. The van der Waals surface area contributed by atoms with Gasteiger partial charge in [0.2, 0.25) is 5.91 Å². The second-order valence-corrected chi connectivity index (χ2v) is 4.82. The third-order valence-electron chi connectivity index (χ3n) is 3.30. The van der Waals surface area contributed by atoms with Crippen LogP contribution in [0.25, 0.3) is 0 Å². The van der Waals surface area contributed by atoms with E-state index in [4.69, 9.17) is 14.3 Å². The number of methoxy groups -OCH3 is 1. The maximum atomic E-state index is 11.6. The van der Waals surface area contributed by atoms with Gasteiger partial charge in [0.05, 0.1) is 26.2 Å². The van der Waals surface area contributed by atoms with Crippen LogP contribution in [0.2, 0.25) is 0 Å². The van der Waals surface area contributed by atoms with Crippen molar-refractivity contribution in [3.05, 3.63) is 24.3 Å². The fourth-order valence-electron chi connectivity index (χ4n) is 2.14. The van der Waals surface area contributed by atoms with Crippen molar-refractivity contribution in [1.29, 1.82) is 0 Å². The van der Waals surface area contributed by atoms with E-state index in [0.717, 1.165) is 24.3 Å². The molecule has 0 spiro atoms. The van der Waals surface area contributed by atoms with Crippen LogP contribution in [0, 0.1) is 0 Å². The number of hydrogen-bond donors (Lipinski definition) is 1. The first-order valence-electron chi connectivity index (χ1n) is 6.99. The van der Waals surface area contributed by atoms with Gasteiger partial charge in [-0.15, -0.1) is 0 Å². The van der Waals surface area contributed by atoms with E-state index < -0.39 is 0 Å². The lowest BCUT2D eigenvalue weighted by molar-refractivity contribution is -0.138. The molecule has 2 rings (SSSR count). The predicted molar refractivity (Wildman–Crippen MR) is 74.6 cm³/mol. The third kappa shape index (κ3) is 4.74. The van der Waals surface area contributed by atoms with Gasteiger partial charge in [0.15, 0.2) is 0 Å². The number of hydroxylamine groups is 1. The highest BCUT2D eigenvalue weighted by atomic mass is 16.7. The molecule has 0 saturated heterocycles. The summed E-state index contributed by atoms with van der Waals surface area (Å²) < 4.78 is 10.5. The molecule has 1 amide bonds. The molecular weight excluding hydrogens is 258 g/mol. The summed E-state index contributed by atoms with van der Waals surface area (Å²) >= 11 is 0. The molecule has 5 heteroatoms. The van der Waals surface area contributed by atoms with Crippen molar-refractivity contribution < 1.29 is 19.1 Å². The van der Waals surface area contributed by atoms with Gasteiger partial charge in [-0.05, 0) is 37.1 Å². The Labute approximate surface area is 119 Å². The molecule has 0 atom stereocenters. The van der Waals surface area contributed by atoms with Crippen LogP contribution in [0.3, 0.4) is 0 Å². The molecule has 20 heavy (non-hydrogen) atoms. The van der Waals surface area contributed by atoms with Crippen LogP contribution in [0.4, 0.5) is 0 Å². The van der Waals surface area contributed by atoms with E-state index in [1.54, 1.807) is 7.11 Å². The molecule has 0 heterocycles. The fourth-order valence-corrected chi connectivity index (χ4v) is 2.14. The molecule has 0 aromatic heterocycles. The number of carbonyl (C=O) groups excluding carboxylic acids is 1. The summed E-state index contributed by atoms with van der Waals surface area (Å²) in [6, 6.07) is 7.26. The van der Waals surface area contributed by atoms with Crippen LogP contribution in [-0.2, 0) is 9.63 Å². The molecule has 5 nitrogen and oxygen atoms in total. The van der Waals surface area contributed by atoms with Crippen molar-refractivity contribution in [3.8, 4) is 11.5 Å². The number of ether oxygens (including phenoxy) is 2. The van der Waals surface area contributed by atoms with Gasteiger partial charge in [-0.2, -0.15) is 0 Å². The van der Waals surface area contributed by atoms with Gasteiger partial charge in [-0.25, -0.2) is 5.48 Å². The molecule has 0 unspecified atom stereocenters. The molecule has 1 aliphatic carbocycles. The van der Waals surface area contributed by atoms with Crippen molar-refractivity contribution >= 4 is 5.91 Å². The zero-order chi connectivity index (χ0) is 14.2. The van der Waals surface area contributed by atoms with Gasteiger partial charge >= 0.3 is 0 Å². The summed E-state index contributed by atoms with van der Waals surface area (Å²) in [5, 5.41) is 0. The highest BCUT2D eigenvalue weighted by molar-refractivity contribution is 5.74. The third-order valence-corrected chi connectivity index (χ3v) is 3.30. The summed E-state index contributed by atoms with van der Waals surface area (Å²) in [5.74, 6) is 1.35. The number of hydrogen-bond acceptors (Lipinski definition) is 4. The summed E-state index contributed by atoms with van der Waals surface area (Å²) in [6.07, 6.45) is 4.88. The number of carbonyl (C=O) groups is 1. The molecular formula is C15H21NO4. The van der Waals surface area contributed by atoms with E-state index in [0.29, 0.717) is 6.61 Å². The zero-order valence-electron chi connectivity index (χ0n) is 11.8. The Morgan fingerprint density at radius 1 is 1.20 bits per heavy atom. The summed E-state index contributed by atoms with van der Waals surface area (Å²) in [5.41, 5.74) is 2.49. The summed E-state index contributed by atoms with van der Waals surface area (Å²) in [7, 11) is 1.62. The van der Waals surface area contributed by atoms with Gasteiger partial charge in [-0.3, -0.25) is 9.63 Å². The quantitative estimate of drug-likeness (QED) is 0.779. The highest BCUT2D eigenvalue weighted by Gasteiger charge is 2.16. The van der Waals surface area contributed by atoms with Gasteiger partial charge in [0, 0.05) is 0 Å². The number of amides is 1. The zero-order valence-corrected chi connectivity index (χ0v) is 11.8. The molecule has 1 aromatic carbocycles. The molecule has 1 aliphatic rings. The van der Waals surface area contributed by atoms with Gasteiger partial charge in [0.1, 0.15) is 11.5 Å². The summed E-state index contributed by atoms with van der Waals surface area (Å²) in [6.45, 7) is 0.326. The number of rotatable bonds is 7. The topological polar surface area (TPSA) is 56.8 Å². The summed E-state index contributed by atoms with van der Waals surface area (Å²) in [4.78, 5) is 16.9. The standard InChI is InChI=1S/C15H21NO4/c1-18-12-6-8-13(9-7-12)19-11-10-15(17)16-20-14-4-2-3-5-14/h6-9,14H,2-5,10-11H2,1H3,(H,16,17). The molecule has 1 aromatic rings. The second-order valence-electron chi connectivity index (χ2n) is 4.82. The van der Waals surface area contributed by atoms with E-state index in [1.165, 1.54) is 12.8 Å². The first-order valence-corrected chi connectivity index (χ1v) is 6.99. The van der Waals surface area contributed by atoms with E-state index in [1.807, 2.05) is 24.3 Å². The van der Waals surface area contributed by atoms with Crippen LogP contribution < -0.4 is 15.0 Å². The fraction of sp³-hybridized carbons (Fsp3) is 0.533. The predicted octanol–water partition coefficient (Wildman–Crippen LogP) is 2.45. The lowest BCUT2D eigenvalue weighted by Gasteiger charge is -2.11. The lowest BCUT2D eigenvalue weighted by atomic mass is 10.3. The van der Waals surface area contributed by atoms with Gasteiger partial charge in [-0.1, -0.05) is 12.8 Å². The normalized spacial score (nSPS) is 15.1. The van der Waals surface area contributed by atoms with Gasteiger partial charge < -0.3 is 9.47 Å².